The summed E-state index contributed by atoms with van der Waals surface area (Å²) in [4.78, 5) is 57.6. The minimum absolute atomic E-state index is 0.0557. The van der Waals surface area contributed by atoms with Crippen LogP contribution < -0.4 is 20.1 Å². The van der Waals surface area contributed by atoms with Crippen molar-refractivity contribution in [2.45, 2.75) is 68.2 Å². The van der Waals surface area contributed by atoms with Gasteiger partial charge >= 0.3 is 0 Å². The molecule has 332 valence electrons. The summed E-state index contributed by atoms with van der Waals surface area (Å²) in [6.45, 7) is 23.4. The van der Waals surface area contributed by atoms with E-state index in [1.807, 2.05) is 79.7 Å². The van der Waals surface area contributed by atoms with Gasteiger partial charge in [-0.15, -0.1) is 0 Å². The van der Waals surface area contributed by atoms with Gasteiger partial charge in [-0.25, -0.2) is 0 Å². The van der Waals surface area contributed by atoms with E-state index in [1.165, 1.54) is 0 Å². The van der Waals surface area contributed by atoms with E-state index in [9.17, 15) is 19.2 Å². The molecular formula is C44H72N6O9. The van der Waals surface area contributed by atoms with Crippen LogP contribution in [0.25, 0.3) is 0 Å². The molecule has 0 bridgehead atoms. The van der Waals surface area contributed by atoms with Crippen LogP contribution in [0.5, 0.6) is 11.5 Å². The highest BCUT2D eigenvalue weighted by molar-refractivity contribution is 5.94. The van der Waals surface area contributed by atoms with Crippen LogP contribution >= 0.6 is 0 Å². The lowest BCUT2D eigenvalue weighted by atomic mass is 10.1. The second-order valence-corrected chi connectivity index (χ2v) is 14.6. The Morgan fingerprint density at radius 1 is 0.508 bits per heavy atom. The molecule has 0 aromatic heterocycles. The maximum Gasteiger partial charge on any atom is 0.260 e. The molecule has 59 heavy (non-hydrogen) atoms. The van der Waals surface area contributed by atoms with Gasteiger partial charge in [0.25, 0.3) is 11.8 Å². The molecule has 2 N–H and O–H groups in total. The number of hydrogen-bond donors (Lipinski definition) is 2. The van der Waals surface area contributed by atoms with Crippen molar-refractivity contribution in [3.05, 3.63) is 46.5 Å². The second kappa shape index (κ2) is 28.2. The number of carbonyl (C=O) groups excluding carboxylic acids is 4. The van der Waals surface area contributed by atoms with Crippen LogP contribution in [-0.2, 0) is 33.4 Å². The molecule has 0 spiro atoms. The number of rotatable bonds is 30. The fourth-order valence-corrected chi connectivity index (χ4v) is 6.18. The van der Waals surface area contributed by atoms with Crippen molar-refractivity contribution in [3.8, 4) is 11.5 Å². The van der Waals surface area contributed by atoms with Gasteiger partial charge in [-0.2, -0.15) is 0 Å². The molecule has 2 rings (SSSR count). The van der Waals surface area contributed by atoms with E-state index >= 15 is 0 Å². The van der Waals surface area contributed by atoms with Crippen molar-refractivity contribution in [3.63, 3.8) is 0 Å². The highest BCUT2D eigenvalue weighted by Gasteiger charge is 2.16. The maximum atomic E-state index is 12.6. The smallest absolute Gasteiger partial charge is 0.260 e. The lowest BCUT2D eigenvalue weighted by Crippen LogP contribution is -2.33. The van der Waals surface area contributed by atoms with E-state index in [4.69, 9.17) is 23.7 Å². The standard InChI is InChI=1S/C44H72N6O9/c1-11-49(12-2)29-39(51)45-43-33(5)25-37(26-34(43)6)58-31-41(53)47(9)17-15-19-55-21-23-57-24-22-56-20-16-18-48(10)42(54)32-59-38-27-35(7)44(36(8)28-38)46-40(52)30-50(13-3)14-4/h25-28H,11-24,29-32H2,1-10H3,(H,45,51)(H,46,52). The molecule has 4 amide bonds. The summed E-state index contributed by atoms with van der Waals surface area (Å²) in [6, 6.07) is 7.34. The SMILES string of the molecule is CCN(CC)CC(=O)Nc1c(C)cc(OCC(=O)N(C)CCCOCCOCCOCCCN(C)C(=O)COc2cc(C)c(NC(=O)CN(CC)CC)c(C)c2)cc1C. The Bertz CT molecular complexity index is 1440. The van der Waals surface area contributed by atoms with Gasteiger partial charge in [0.1, 0.15) is 11.5 Å². The van der Waals surface area contributed by atoms with Crippen molar-refractivity contribution in [1.29, 1.82) is 0 Å². The molecular weight excluding hydrogens is 757 g/mol. The Kier molecular flexibility index (Phi) is 24.3. The Hall–Kier alpha value is -4.28. The Morgan fingerprint density at radius 2 is 0.814 bits per heavy atom. The number of aryl methyl sites for hydroxylation is 4. The van der Waals surface area contributed by atoms with Gasteiger partial charge in [-0.1, -0.05) is 27.7 Å². The van der Waals surface area contributed by atoms with Crippen LogP contribution in [0.15, 0.2) is 24.3 Å². The first kappa shape index (κ1) is 50.9. The van der Waals surface area contributed by atoms with Crippen LogP contribution in [-0.4, -0.2) is 163 Å². The Balaban J connectivity index is 1.51. The first-order chi connectivity index (χ1) is 28.2. The number of likely N-dealkylation sites (N-methyl/N-ethyl adjacent to an activating group) is 4. The average Bonchev–Trinajstić information content (AvgIpc) is 3.21. The number of nitrogens with one attached hydrogen (secondary N) is 2. The predicted molar refractivity (Wildman–Crippen MR) is 233 cm³/mol. The van der Waals surface area contributed by atoms with Gasteiger partial charge < -0.3 is 44.1 Å². The fourth-order valence-electron chi connectivity index (χ4n) is 6.18. The molecule has 0 unspecified atom stereocenters. The van der Waals surface area contributed by atoms with Gasteiger partial charge in [-0.3, -0.25) is 29.0 Å². The molecule has 0 heterocycles. The van der Waals surface area contributed by atoms with Crippen LogP contribution in [0.3, 0.4) is 0 Å². The zero-order valence-electron chi connectivity index (χ0n) is 37.5. The van der Waals surface area contributed by atoms with Gasteiger partial charge in [0, 0.05) is 51.8 Å². The third kappa shape index (κ3) is 19.6. The number of anilines is 2. The lowest BCUT2D eigenvalue weighted by molar-refractivity contribution is -0.132. The third-order valence-corrected chi connectivity index (χ3v) is 9.95. The number of amides is 4. The number of ether oxygens (including phenoxy) is 5. The summed E-state index contributed by atoms with van der Waals surface area (Å²) < 4.78 is 28.5. The van der Waals surface area contributed by atoms with Crippen LogP contribution in [0.1, 0.15) is 62.8 Å². The van der Waals surface area contributed by atoms with Gasteiger partial charge in [-0.05, 0) is 113 Å². The largest absolute Gasteiger partial charge is 0.484 e. The third-order valence-electron chi connectivity index (χ3n) is 9.95. The molecule has 0 aliphatic carbocycles. The van der Waals surface area contributed by atoms with E-state index in [-0.39, 0.29) is 36.8 Å². The number of hydrogen-bond acceptors (Lipinski definition) is 11. The molecule has 0 aliphatic rings. The molecule has 0 fully saturated rings. The molecule has 2 aromatic carbocycles. The Morgan fingerprint density at radius 3 is 1.12 bits per heavy atom. The maximum absolute atomic E-state index is 12.6. The average molecular weight is 829 g/mol. The summed E-state index contributed by atoms with van der Waals surface area (Å²) in [5.74, 6) is 0.786. The minimum Gasteiger partial charge on any atom is -0.484 e. The summed E-state index contributed by atoms with van der Waals surface area (Å²) >= 11 is 0. The predicted octanol–water partition coefficient (Wildman–Crippen LogP) is 4.69. The monoisotopic (exact) mass is 829 g/mol. The lowest BCUT2D eigenvalue weighted by Gasteiger charge is -2.20. The van der Waals surface area contributed by atoms with Crippen LogP contribution in [0, 0.1) is 27.7 Å². The quantitative estimate of drug-likeness (QED) is 0.106. The van der Waals surface area contributed by atoms with Crippen molar-refractivity contribution in [1.82, 2.24) is 19.6 Å². The molecule has 2 aromatic rings. The van der Waals surface area contributed by atoms with E-state index < -0.39 is 0 Å². The van der Waals surface area contributed by atoms with Crippen molar-refractivity contribution in [2.75, 3.05) is 130 Å². The normalized spacial score (nSPS) is 11.2. The zero-order chi connectivity index (χ0) is 43.7. The first-order valence-electron chi connectivity index (χ1n) is 21.0. The van der Waals surface area contributed by atoms with E-state index in [1.54, 1.807) is 23.9 Å². The summed E-state index contributed by atoms with van der Waals surface area (Å²) in [5.41, 5.74) is 5.04. The molecule has 0 radical (unpaired) electrons. The minimum atomic E-state index is -0.134. The van der Waals surface area contributed by atoms with Crippen molar-refractivity contribution in [2.24, 2.45) is 0 Å². The van der Waals surface area contributed by atoms with Crippen LogP contribution in [0.4, 0.5) is 11.4 Å². The Labute approximate surface area is 353 Å². The van der Waals surface area contributed by atoms with Gasteiger partial charge in [0.05, 0.1) is 39.5 Å². The molecule has 0 saturated heterocycles. The molecule has 0 atom stereocenters. The first-order valence-corrected chi connectivity index (χ1v) is 21.0. The zero-order valence-corrected chi connectivity index (χ0v) is 37.5. The highest BCUT2D eigenvalue weighted by Crippen LogP contribution is 2.27. The van der Waals surface area contributed by atoms with E-state index in [0.29, 0.717) is 90.2 Å². The number of benzene rings is 2. The molecule has 0 aliphatic heterocycles. The topological polar surface area (TPSA) is 151 Å². The molecule has 15 nitrogen and oxygen atoms in total. The van der Waals surface area contributed by atoms with Gasteiger partial charge in [0.2, 0.25) is 11.8 Å². The number of nitrogens with zero attached hydrogens (tertiary/aromatic N) is 4. The van der Waals surface area contributed by atoms with E-state index in [0.717, 1.165) is 59.8 Å². The molecule has 0 saturated carbocycles. The molecule has 15 heteroatoms. The number of carbonyl (C=O) groups is 4. The summed E-state index contributed by atoms with van der Waals surface area (Å²) in [7, 11) is 3.49. The highest BCUT2D eigenvalue weighted by atomic mass is 16.5. The van der Waals surface area contributed by atoms with Crippen molar-refractivity contribution < 1.29 is 42.9 Å². The second-order valence-electron chi connectivity index (χ2n) is 14.6. The van der Waals surface area contributed by atoms with E-state index in [2.05, 4.69) is 20.4 Å². The summed E-state index contributed by atoms with van der Waals surface area (Å²) in [5, 5.41) is 6.02. The summed E-state index contributed by atoms with van der Waals surface area (Å²) in [6.07, 6.45) is 1.36. The van der Waals surface area contributed by atoms with Crippen molar-refractivity contribution >= 4 is 35.0 Å². The van der Waals surface area contributed by atoms with Gasteiger partial charge in [0.15, 0.2) is 13.2 Å². The van der Waals surface area contributed by atoms with Crippen LogP contribution in [0.2, 0.25) is 0 Å². The fraction of sp³-hybridized carbons (Fsp3) is 0.636.